The predicted molar refractivity (Wildman–Crippen MR) is 38.8 cm³/mol. The molecule has 2 N–H and O–H groups in total. The van der Waals surface area contributed by atoms with Gasteiger partial charge in [-0.15, -0.1) is 0 Å². The average Bonchev–Trinajstić information content (AvgIpc) is 2.06. The van der Waals surface area contributed by atoms with Gasteiger partial charge in [0, 0.05) is 18.6 Å². The zero-order chi connectivity index (χ0) is 9.14. The quantitative estimate of drug-likeness (QED) is 0.707. The molecule has 0 spiro atoms. The first-order chi connectivity index (χ1) is 5.66. The molecule has 0 aliphatic heterocycles. The van der Waals surface area contributed by atoms with Gasteiger partial charge >= 0.3 is 0 Å². The van der Waals surface area contributed by atoms with E-state index in [0.29, 0.717) is 0 Å². The van der Waals surface area contributed by atoms with Crippen molar-refractivity contribution in [3.05, 3.63) is 29.3 Å². The summed E-state index contributed by atoms with van der Waals surface area (Å²) < 4.78 is 25.4. The van der Waals surface area contributed by atoms with Crippen molar-refractivity contribution in [3.63, 3.8) is 0 Å². The first-order valence-electron chi connectivity index (χ1n) is 3.43. The molecular formula is C8H8F2O2. The second kappa shape index (κ2) is 3.49. The molecule has 0 fully saturated rings. The third kappa shape index (κ3) is 1.53. The minimum absolute atomic E-state index is 0.0879. The molecular weight excluding hydrogens is 166 g/mol. The molecule has 0 bridgehead atoms. The van der Waals surface area contributed by atoms with E-state index in [0.717, 1.165) is 12.1 Å². The van der Waals surface area contributed by atoms with Gasteiger partial charge in [-0.25, -0.2) is 8.78 Å². The summed E-state index contributed by atoms with van der Waals surface area (Å²) in [5.74, 6) is -2.30. The summed E-state index contributed by atoms with van der Waals surface area (Å²) in [6.45, 7) is -0.325. The summed E-state index contributed by atoms with van der Waals surface area (Å²) in [4.78, 5) is 0. The Morgan fingerprint density at radius 3 is 2.33 bits per heavy atom. The van der Waals surface area contributed by atoms with Crippen LogP contribution in [-0.2, 0) is 6.42 Å². The molecule has 0 saturated heterocycles. The molecule has 0 aliphatic rings. The highest BCUT2D eigenvalue weighted by atomic mass is 19.1. The fraction of sp³-hybridized carbons (Fsp3) is 0.250. The third-order valence-electron chi connectivity index (χ3n) is 1.54. The highest BCUT2D eigenvalue weighted by Crippen LogP contribution is 2.23. The number of rotatable bonds is 2. The van der Waals surface area contributed by atoms with Crippen LogP contribution in [0.1, 0.15) is 5.56 Å². The van der Waals surface area contributed by atoms with Gasteiger partial charge in [0.05, 0.1) is 0 Å². The van der Waals surface area contributed by atoms with Crippen LogP contribution in [-0.4, -0.2) is 16.8 Å². The van der Waals surface area contributed by atoms with Gasteiger partial charge in [-0.2, -0.15) is 0 Å². The lowest BCUT2D eigenvalue weighted by Gasteiger charge is -2.04. The van der Waals surface area contributed by atoms with Crippen molar-refractivity contribution in [1.29, 1.82) is 0 Å². The summed E-state index contributed by atoms with van der Waals surface area (Å²) in [7, 11) is 0. The van der Waals surface area contributed by atoms with Gasteiger partial charge in [0.15, 0.2) is 11.6 Å². The average molecular weight is 174 g/mol. The monoisotopic (exact) mass is 174 g/mol. The lowest BCUT2D eigenvalue weighted by Crippen LogP contribution is -1.97. The van der Waals surface area contributed by atoms with E-state index in [9.17, 15) is 8.78 Å². The Hall–Kier alpha value is -1.16. The normalized spacial score (nSPS) is 10.2. The van der Waals surface area contributed by atoms with Crippen molar-refractivity contribution in [2.75, 3.05) is 6.61 Å². The van der Waals surface area contributed by atoms with E-state index in [1.807, 2.05) is 0 Å². The van der Waals surface area contributed by atoms with E-state index in [-0.39, 0.29) is 18.6 Å². The molecule has 0 radical (unpaired) electrons. The molecule has 2 nitrogen and oxygen atoms in total. The molecule has 0 atom stereocenters. The van der Waals surface area contributed by atoms with Gasteiger partial charge in [0.25, 0.3) is 0 Å². The van der Waals surface area contributed by atoms with E-state index in [1.165, 1.54) is 0 Å². The SMILES string of the molecule is OCCc1c(F)ccc(F)c1O. The van der Waals surface area contributed by atoms with Crippen LogP contribution in [0.25, 0.3) is 0 Å². The number of hydrogen-bond donors (Lipinski definition) is 2. The summed E-state index contributed by atoms with van der Waals surface area (Å²) in [6.07, 6.45) is -0.0879. The number of aliphatic hydroxyl groups is 1. The van der Waals surface area contributed by atoms with E-state index in [4.69, 9.17) is 10.2 Å². The van der Waals surface area contributed by atoms with E-state index in [1.54, 1.807) is 0 Å². The first-order valence-corrected chi connectivity index (χ1v) is 3.43. The van der Waals surface area contributed by atoms with Crippen LogP contribution in [0.5, 0.6) is 5.75 Å². The van der Waals surface area contributed by atoms with Crippen LogP contribution >= 0.6 is 0 Å². The van der Waals surface area contributed by atoms with Gasteiger partial charge in [-0.3, -0.25) is 0 Å². The Kier molecular flexibility index (Phi) is 2.60. The van der Waals surface area contributed by atoms with Crippen molar-refractivity contribution >= 4 is 0 Å². The number of aromatic hydroxyl groups is 1. The minimum Gasteiger partial charge on any atom is -0.505 e. The molecule has 0 heterocycles. The van der Waals surface area contributed by atoms with Crippen LogP contribution in [0.4, 0.5) is 8.78 Å². The summed E-state index contributed by atoms with van der Waals surface area (Å²) >= 11 is 0. The maximum Gasteiger partial charge on any atom is 0.165 e. The van der Waals surface area contributed by atoms with Crippen molar-refractivity contribution < 1.29 is 19.0 Å². The molecule has 0 aromatic heterocycles. The van der Waals surface area contributed by atoms with Crippen LogP contribution in [0, 0.1) is 11.6 Å². The van der Waals surface area contributed by atoms with E-state index >= 15 is 0 Å². The molecule has 4 heteroatoms. The number of phenols is 1. The van der Waals surface area contributed by atoms with Gasteiger partial charge in [-0.1, -0.05) is 0 Å². The summed E-state index contributed by atoms with van der Waals surface area (Å²) in [5.41, 5.74) is -0.183. The zero-order valence-corrected chi connectivity index (χ0v) is 6.22. The third-order valence-corrected chi connectivity index (χ3v) is 1.54. The molecule has 12 heavy (non-hydrogen) atoms. The topological polar surface area (TPSA) is 40.5 Å². The Balaban J connectivity index is 3.14. The van der Waals surface area contributed by atoms with Crippen LogP contribution < -0.4 is 0 Å². The van der Waals surface area contributed by atoms with E-state index in [2.05, 4.69) is 0 Å². The Labute approximate surface area is 68.1 Å². The fourth-order valence-corrected chi connectivity index (χ4v) is 0.933. The Morgan fingerprint density at radius 2 is 1.75 bits per heavy atom. The molecule has 0 unspecified atom stereocenters. The highest BCUT2D eigenvalue weighted by molar-refractivity contribution is 5.34. The number of aliphatic hydroxyl groups excluding tert-OH is 1. The number of benzene rings is 1. The van der Waals surface area contributed by atoms with Crippen molar-refractivity contribution in [1.82, 2.24) is 0 Å². The minimum atomic E-state index is -0.875. The second-order valence-corrected chi connectivity index (χ2v) is 2.33. The van der Waals surface area contributed by atoms with Gasteiger partial charge in [0.2, 0.25) is 0 Å². The van der Waals surface area contributed by atoms with Crippen LogP contribution in [0.3, 0.4) is 0 Å². The predicted octanol–water partition coefficient (Wildman–Crippen LogP) is 1.21. The fourth-order valence-electron chi connectivity index (χ4n) is 0.933. The second-order valence-electron chi connectivity index (χ2n) is 2.33. The number of halogens is 2. The molecule has 1 rings (SSSR count). The van der Waals surface area contributed by atoms with Crippen LogP contribution in [0.15, 0.2) is 12.1 Å². The molecule has 1 aromatic rings. The summed E-state index contributed by atoms with van der Waals surface area (Å²) in [5, 5.41) is 17.4. The number of phenolic OH excluding ortho intramolecular Hbond substituents is 1. The van der Waals surface area contributed by atoms with Crippen molar-refractivity contribution in [2.45, 2.75) is 6.42 Å². The molecule has 0 saturated carbocycles. The van der Waals surface area contributed by atoms with Gasteiger partial charge < -0.3 is 10.2 Å². The van der Waals surface area contributed by atoms with Crippen molar-refractivity contribution in [2.24, 2.45) is 0 Å². The lowest BCUT2D eigenvalue weighted by atomic mass is 10.1. The van der Waals surface area contributed by atoms with E-state index < -0.39 is 17.4 Å². The van der Waals surface area contributed by atoms with Crippen molar-refractivity contribution in [3.8, 4) is 5.75 Å². The zero-order valence-electron chi connectivity index (χ0n) is 6.22. The molecule has 0 aliphatic carbocycles. The largest absolute Gasteiger partial charge is 0.505 e. The Morgan fingerprint density at radius 1 is 1.17 bits per heavy atom. The molecule has 0 amide bonds. The number of hydrogen-bond acceptors (Lipinski definition) is 2. The lowest BCUT2D eigenvalue weighted by molar-refractivity contribution is 0.294. The maximum atomic E-state index is 12.8. The Bertz CT molecular complexity index is 287. The first kappa shape index (κ1) is 8.93. The van der Waals surface area contributed by atoms with Gasteiger partial charge in [0.1, 0.15) is 5.82 Å². The molecule has 1 aromatic carbocycles. The van der Waals surface area contributed by atoms with Gasteiger partial charge in [-0.05, 0) is 12.1 Å². The standard InChI is InChI=1S/C8H8F2O2/c9-6-1-2-7(10)8(12)5(6)3-4-11/h1-2,11-12H,3-4H2. The smallest absolute Gasteiger partial charge is 0.165 e. The highest BCUT2D eigenvalue weighted by Gasteiger charge is 2.11. The van der Waals surface area contributed by atoms with Crippen LogP contribution in [0.2, 0.25) is 0 Å². The summed E-state index contributed by atoms with van der Waals surface area (Å²) in [6, 6.07) is 1.76. The maximum absolute atomic E-state index is 12.8. The molecule has 66 valence electrons.